The second-order valence-electron chi connectivity index (χ2n) is 8.33. The Morgan fingerprint density at radius 3 is 2.79 bits per heavy atom. The summed E-state index contributed by atoms with van der Waals surface area (Å²) in [5, 5.41) is 20.3. The Balaban J connectivity index is 1.83. The Kier molecular flexibility index (Phi) is 8.95. The quantitative estimate of drug-likeness (QED) is 0.360. The molecule has 8 nitrogen and oxygen atoms in total. The second-order valence-corrected chi connectivity index (χ2v) is 8.33. The fourth-order valence-electron chi connectivity index (χ4n) is 3.77. The van der Waals surface area contributed by atoms with E-state index in [2.05, 4.69) is 18.5 Å². The van der Waals surface area contributed by atoms with E-state index in [0.29, 0.717) is 12.1 Å². The number of carbonyl (C=O) groups excluding carboxylic acids is 2. The lowest BCUT2D eigenvalue weighted by Crippen LogP contribution is -2.39. The van der Waals surface area contributed by atoms with Gasteiger partial charge < -0.3 is 19.8 Å². The molecule has 0 aliphatic carbocycles. The van der Waals surface area contributed by atoms with E-state index in [4.69, 9.17) is 9.57 Å². The van der Waals surface area contributed by atoms with Crippen molar-refractivity contribution in [3.05, 3.63) is 53.3 Å². The van der Waals surface area contributed by atoms with E-state index in [1.54, 1.807) is 17.1 Å². The van der Waals surface area contributed by atoms with Crippen molar-refractivity contribution >= 4 is 18.0 Å². The molecule has 2 aliphatic rings. The summed E-state index contributed by atoms with van der Waals surface area (Å²) < 4.78 is 5.30. The number of rotatable bonds is 4. The second kappa shape index (κ2) is 12.1. The molecule has 1 aromatic rings. The summed E-state index contributed by atoms with van der Waals surface area (Å²) in [6, 6.07) is 2.45. The predicted molar refractivity (Wildman–Crippen MR) is 124 cm³/mol. The molecule has 1 atom stereocenters. The van der Waals surface area contributed by atoms with E-state index in [-0.39, 0.29) is 47.7 Å². The van der Waals surface area contributed by atoms with Gasteiger partial charge in [-0.15, -0.1) is 0 Å². The third-order valence-electron chi connectivity index (χ3n) is 5.53. The van der Waals surface area contributed by atoms with Crippen molar-refractivity contribution < 1.29 is 29.4 Å². The van der Waals surface area contributed by atoms with Crippen LogP contribution in [0.1, 0.15) is 54.9 Å². The number of phenolic OH excluding ortho intramolecular Hbond substituents is 2. The molecule has 0 radical (unpaired) electrons. The van der Waals surface area contributed by atoms with Crippen LogP contribution in [0.5, 0.6) is 11.5 Å². The molecule has 1 unspecified atom stereocenters. The van der Waals surface area contributed by atoms with Crippen molar-refractivity contribution in [2.75, 3.05) is 26.3 Å². The summed E-state index contributed by atoms with van der Waals surface area (Å²) >= 11 is 0. The molecule has 0 saturated carbocycles. The molecular weight excluding hydrogens is 424 g/mol. The van der Waals surface area contributed by atoms with Crippen molar-refractivity contribution in [3.63, 3.8) is 0 Å². The molecule has 1 fully saturated rings. The number of cyclic esters (lactones) is 1. The highest BCUT2D eigenvalue weighted by atomic mass is 16.6. The van der Waals surface area contributed by atoms with E-state index in [1.165, 1.54) is 6.07 Å². The van der Waals surface area contributed by atoms with Crippen LogP contribution in [0.2, 0.25) is 0 Å². The molecule has 1 amide bonds. The van der Waals surface area contributed by atoms with Crippen molar-refractivity contribution in [3.8, 4) is 11.5 Å². The van der Waals surface area contributed by atoms with Crippen LogP contribution in [-0.2, 0) is 14.4 Å². The largest absolute Gasteiger partial charge is 0.508 e. The normalized spacial score (nSPS) is 21.4. The average Bonchev–Trinajstić information content (AvgIpc) is 2.78. The Morgan fingerprint density at radius 2 is 2.00 bits per heavy atom. The Labute approximate surface area is 194 Å². The minimum Gasteiger partial charge on any atom is -0.508 e. The number of esters is 1. The fourth-order valence-corrected chi connectivity index (χ4v) is 3.77. The van der Waals surface area contributed by atoms with Crippen molar-refractivity contribution in [2.45, 2.75) is 39.0 Å². The highest BCUT2D eigenvalue weighted by molar-refractivity contribution is 5.97. The number of benzene rings is 1. The highest BCUT2D eigenvalue weighted by Gasteiger charge is 2.20. The van der Waals surface area contributed by atoms with Gasteiger partial charge in [0, 0.05) is 19.2 Å². The lowest BCUT2D eigenvalue weighted by Gasteiger charge is -2.26. The molecule has 3 rings (SSSR count). The van der Waals surface area contributed by atoms with E-state index < -0.39 is 5.97 Å². The van der Waals surface area contributed by atoms with Gasteiger partial charge in [-0.05, 0) is 61.8 Å². The number of hydrogen-bond donors (Lipinski definition) is 3. The Bertz CT molecular complexity index is 931. The zero-order valence-corrected chi connectivity index (χ0v) is 19.0. The molecule has 3 N–H and O–H groups in total. The van der Waals surface area contributed by atoms with Crippen LogP contribution in [0.3, 0.4) is 0 Å². The Morgan fingerprint density at radius 1 is 1.21 bits per heavy atom. The molecule has 1 aromatic carbocycles. The first-order valence-electron chi connectivity index (χ1n) is 11.4. The number of piperidine rings is 1. The van der Waals surface area contributed by atoms with Crippen molar-refractivity contribution in [2.24, 2.45) is 5.92 Å². The molecule has 33 heavy (non-hydrogen) atoms. The molecule has 1 saturated heterocycles. The van der Waals surface area contributed by atoms with Gasteiger partial charge in [-0.3, -0.25) is 15.1 Å². The number of likely N-dealkylation sites (tertiary alicyclic amines) is 1. The molecule has 0 spiro atoms. The standard InChI is InChI=1S/C25H32N2O6/c1-18-8-3-6-13-32-25(31)24-19(15-21(28)16-22(24)29)14-20(10-7-9-18)26-33-17-23(30)27-11-4-2-5-12-27/h3,7-8,10,14-16,18,26,28-29H,2,4-6,9,11-13,17H2,1H3/b8-3?,10-7?,20-14-. The minimum atomic E-state index is -0.693. The van der Waals surface area contributed by atoms with Crippen LogP contribution in [0.4, 0.5) is 0 Å². The van der Waals surface area contributed by atoms with Crippen LogP contribution < -0.4 is 5.48 Å². The monoisotopic (exact) mass is 456 g/mol. The van der Waals surface area contributed by atoms with Crippen molar-refractivity contribution in [1.82, 2.24) is 10.4 Å². The summed E-state index contributed by atoms with van der Waals surface area (Å²) in [7, 11) is 0. The zero-order chi connectivity index (χ0) is 23.6. The molecule has 2 aliphatic heterocycles. The number of carbonyl (C=O) groups is 2. The van der Waals surface area contributed by atoms with Crippen LogP contribution in [0.25, 0.3) is 6.08 Å². The van der Waals surface area contributed by atoms with E-state index in [0.717, 1.165) is 44.8 Å². The number of hydroxylamine groups is 1. The summed E-state index contributed by atoms with van der Waals surface area (Å²) in [4.78, 5) is 32.3. The predicted octanol–water partition coefficient (Wildman–Crippen LogP) is 3.67. The SMILES string of the molecule is CC1C=CCCOC(=O)c2c(O)cc(O)cc2/C=C(\NOCC(=O)N2CCCCC2)C=CC1. The summed E-state index contributed by atoms with van der Waals surface area (Å²) in [5.41, 5.74) is 3.43. The fraction of sp³-hybridized carbons (Fsp3) is 0.440. The third-order valence-corrected chi connectivity index (χ3v) is 5.53. The zero-order valence-electron chi connectivity index (χ0n) is 19.0. The molecule has 8 heteroatoms. The molecule has 2 heterocycles. The maximum atomic E-state index is 12.6. The number of hydrogen-bond acceptors (Lipinski definition) is 7. The van der Waals surface area contributed by atoms with Gasteiger partial charge in [0.05, 0.1) is 12.3 Å². The average molecular weight is 457 g/mol. The number of amides is 1. The molecule has 178 valence electrons. The first-order valence-corrected chi connectivity index (χ1v) is 11.4. The van der Waals surface area contributed by atoms with E-state index in [1.807, 2.05) is 12.2 Å². The number of fused-ring (bicyclic) bond motifs is 1. The highest BCUT2D eigenvalue weighted by Crippen LogP contribution is 2.30. The van der Waals surface area contributed by atoms with Gasteiger partial charge in [0.25, 0.3) is 5.91 Å². The maximum Gasteiger partial charge on any atom is 0.342 e. The Hall–Kier alpha value is -3.26. The van der Waals surface area contributed by atoms with E-state index >= 15 is 0 Å². The first kappa shape index (κ1) is 24.4. The summed E-state index contributed by atoms with van der Waals surface area (Å²) in [5.74, 6) is -1.08. The van der Waals surface area contributed by atoms with Crippen LogP contribution in [-0.4, -0.2) is 53.3 Å². The van der Waals surface area contributed by atoms with Gasteiger partial charge in [0.2, 0.25) is 0 Å². The summed E-state index contributed by atoms with van der Waals surface area (Å²) in [6.07, 6.45) is 13.8. The lowest BCUT2D eigenvalue weighted by atomic mass is 10.0. The van der Waals surface area contributed by atoms with Crippen LogP contribution in [0, 0.1) is 5.92 Å². The summed E-state index contributed by atoms with van der Waals surface area (Å²) in [6.45, 7) is 3.60. The topological polar surface area (TPSA) is 108 Å². The minimum absolute atomic E-state index is 0.0562. The number of nitrogens with one attached hydrogen (secondary N) is 1. The van der Waals surface area contributed by atoms with Gasteiger partial charge in [0.1, 0.15) is 17.1 Å². The van der Waals surface area contributed by atoms with Gasteiger partial charge >= 0.3 is 5.97 Å². The lowest BCUT2D eigenvalue weighted by molar-refractivity contribution is -0.139. The van der Waals surface area contributed by atoms with Crippen LogP contribution in [0.15, 0.2) is 42.1 Å². The molecule has 0 bridgehead atoms. The van der Waals surface area contributed by atoms with Crippen molar-refractivity contribution in [1.29, 1.82) is 0 Å². The molecular formula is C25H32N2O6. The number of allylic oxidation sites excluding steroid dienone is 3. The first-order chi connectivity index (χ1) is 15.9. The molecule has 0 aromatic heterocycles. The van der Waals surface area contributed by atoms with Crippen LogP contribution >= 0.6 is 0 Å². The van der Waals surface area contributed by atoms with Gasteiger partial charge in [-0.1, -0.05) is 25.2 Å². The number of nitrogens with zero attached hydrogens (tertiary/aromatic N) is 1. The third kappa shape index (κ3) is 7.39. The van der Waals surface area contributed by atoms with E-state index in [9.17, 15) is 19.8 Å². The number of phenols is 2. The smallest absolute Gasteiger partial charge is 0.342 e. The van der Waals surface area contributed by atoms with Gasteiger partial charge in [-0.25, -0.2) is 4.79 Å². The van der Waals surface area contributed by atoms with Gasteiger partial charge in [-0.2, -0.15) is 0 Å². The number of aromatic hydroxyl groups is 2. The van der Waals surface area contributed by atoms with Gasteiger partial charge in [0.15, 0.2) is 6.61 Å². The maximum absolute atomic E-state index is 12.6. The number of ether oxygens (including phenoxy) is 1.